The zero-order valence-corrected chi connectivity index (χ0v) is 90.4. The van der Waals surface area contributed by atoms with E-state index in [0.717, 1.165) is 44.9 Å². The molecule has 0 aromatic carbocycles. The highest BCUT2D eigenvalue weighted by molar-refractivity contribution is 7.88. The number of hydrogen-bond donors (Lipinski definition) is 0. The summed E-state index contributed by atoms with van der Waals surface area (Å²) < 4.78 is 189. The summed E-state index contributed by atoms with van der Waals surface area (Å²) in [6.07, 6.45) is 4.70. The Labute approximate surface area is 850 Å². The Morgan fingerprint density at radius 1 is 0.366 bits per heavy atom. The Hall–Kier alpha value is -8.57. The molecule has 7 aliphatic heterocycles. The van der Waals surface area contributed by atoms with Gasteiger partial charge in [-0.05, 0) is 218 Å². The molecule has 826 valence electrons. The van der Waals surface area contributed by atoms with Crippen molar-refractivity contribution in [3.8, 4) is 0 Å². The molecule has 43 nitrogen and oxygen atoms in total. The molecule has 0 N–H and O–H groups in total. The van der Waals surface area contributed by atoms with E-state index in [1.165, 1.54) is 0 Å². The van der Waals surface area contributed by atoms with Crippen LogP contribution in [0.15, 0.2) is 0 Å². The van der Waals surface area contributed by atoms with E-state index in [-0.39, 0.29) is 203 Å². The lowest BCUT2D eigenvalue weighted by Crippen LogP contribution is -2.38. The van der Waals surface area contributed by atoms with Gasteiger partial charge in [-0.2, -0.15) is 25.3 Å². The third-order valence-corrected chi connectivity index (χ3v) is 36.6. The highest BCUT2D eigenvalue weighted by Crippen LogP contribution is 2.58. The van der Waals surface area contributed by atoms with Crippen LogP contribution in [0, 0.1) is 91.2 Å². The molecule has 8 saturated carbocycles. The van der Waals surface area contributed by atoms with Crippen LogP contribution in [-0.4, -0.2) is 284 Å². The summed E-state index contributed by atoms with van der Waals surface area (Å²) in [5, 5.41) is -1.27. The number of rotatable bonds is 38. The molecule has 46 heteroatoms. The van der Waals surface area contributed by atoms with E-state index in [9.17, 15) is 92.4 Å². The van der Waals surface area contributed by atoms with Gasteiger partial charge < -0.3 is 94.7 Å². The van der Waals surface area contributed by atoms with Gasteiger partial charge in [-0.3, -0.25) is 55.7 Å². The van der Waals surface area contributed by atoms with Gasteiger partial charge in [-0.1, -0.05) is 55.4 Å². The maximum absolute atomic E-state index is 12.0. The van der Waals surface area contributed by atoms with E-state index in [0.29, 0.717) is 77.4 Å². The van der Waals surface area contributed by atoms with Gasteiger partial charge in [0.25, 0.3) is 30.4 Å². The van der Waals surface area contributed by atoms with Crippen molar-refractivity contribution in [3.63, 3.8) is 0 Å². The van der Waals surface area contributed by atoms with Crippen molar-refractivity contribution in [3.05, 3.63) is 0 Å². The van der Waals surface area contributed by atoms with Crippen molar-refractivity contribution in [2.45, 2.75) is 363 Å². The maximum atomic E-state index is 12.0. The lowest BCUT2D eigenvalue weighted by Gasteiger charge is -2.29. The molecule has 7 heterocycles. The Kier molecular flexibility index (Phi) is 40.9. The molecule has 0 amide bonds. The fourth-order valence-electron chi connectivity index (χ4n) is 18.8. The van der Waals surface area contributed by atoms with Gasteiger partial charge in [0.1, 0.15) is 108 Å². The van der Waals surface area contributed by atoms with E-state index < -0.39 is 170 Å². The number of hydrogen-bond acceptors (Lipinski definition) is 43. The van der Waals surface area contributed by atoms with Gasteiger partial charge in [0.2, 0.25) is 0 Å². The van der Waals surface area contributed by atoms with E-state index in [1.807, 2.05) is 125 Å². The molecule has 15 aliphatic rings. The van der Waals surface area contributed by atoms with Crippen LogP contribution in [0.1, 0.15) is 275 Å². The van der Waals surface area contributed by atoms with Crippen LogP contribution in [0.3, 0.4) is 0 Å². The second-order valence-electron chi connectivity index (χ2n) is 44.6. The minimum absolute atomic E-state index is 0.0130. The molecule has 0 aromatic rings. The normalized spacial score (nSPS) is 31.4. The molecule has 15 rings (SSSR count). The second-order valence-corrected chi connectivity index (χ2v) is 49.9. The fraction of sp³-hybridized carbons (Fsp3) is 0.859. The maximum Gasteiger partial charge on any atom is 0.509 e. The van der Waals surface area contributed by atoms with Crippen LogP contribution in [0.4, 0.5) is 19.2 Å². The van der Waals surface area contributed by atoms with E-state index in [1.54, 1.807) is 34.6 Å². The zero-order chi connectivity index (χ0) is 108. The summed E-state index contributed by atoms with van der Waals surface area (Å²) in [7, 11) is -10.5. The van der Waals surface area contributed by atoms with Gasteiger partial charge in [-0.25, -0.2) is 24.0 Å². The lowest BCUT2D eigenvalue weighted by atomic mass is 9.85. The smallest absolute Gasteiger partial charge is 0.465 e. The molecule has 15 fully saturated rings. The number of ether oxygens (including phenoxy) is 20. The van der Waals surface area contributed by atoms with Crippen molar-refractivity contribution in [1.82, 2.24) is 0 Å². The number of fused-ring (bicyclic) bond motifs is 6. The molecule has 0 spiro atoms. The number of carbonyl (C=O) groups excluding carboxylic acids is 14. The largest absolute Gasteiger partial charge is 0.509 e. The second kappa shape index (κ2) is 49.5. The molecule has 0 radical (unpaired) electrons. The molecule has 0 aromatic heterocycles. The number of carbonyl (C=O) groups is 14. The quantitative estimate of drug-likeness (QED) is 0.0182. The minimum atomic E-state index is -3.58. The van der Waals surface area contributed by atoms with Crippen molar-refractivity contribution in [2.75, 3.05) is 85.9 Å². The molecular formula is C99H154O43S3. The average Bonchev–Trinajstić information content (AvgIpc) is 1.56. The summed E-state index contributed by atoms with van der Waals surface area (Å²) >= 11 is 0. The van der Waals surface area contributed by atoms with Crippen LogP contribution in [0.5, 0.6) is 0 Å². The molecule has 8 aliphatic carbocycles. The Balaban J connectivity index is 0.000000190. The first kappa shape index (κ1) is 120. The third-order valence-electron chi connectivity index (χ3n) is 31.3. The first-order valence-electron chi connectivity index (χ1n) is 50.6. The van der Waals surface area contributed by atoms with Crippen molar-refractivity contribution in [1.29, 1.82) is 0 Å². The molecule has 145 heavy (non-hydrogen) atoms. The van der Waals surface area contributed by atoms with Gasteiger partial charge in [0.15, 0.2) is 18.3 Å². The van der Waals surface area contributed by atoms with E-state index in [2.05, 4.69) is 9.47 Å². The lowest BCUT2D eigenvalue weighted by molar-refractivity contribution is -0.171. The fourth-order valence-corrected chi connectivity index (χ4v) is 24.4. The zero-order valence-electron chi connectivity index (χ0n) is 88.0. The van der Waals surface area contributed by atoms with Gasteiger partial charge in [-0.15, -0.1) is 0 Å². The van der Waals surface area contributed by atoms with Crippen LogP contribution >= 0.6 is 0 Å². The molecule has 7 saturated heterocycles. The predicted molar refractivity (Wildman–Crippen MR) is 504 cm³/mol. The SMILES string of the molecule is CCC(C)(C)C(=O)OCC(=O)OC1C2CC3C1OS(=O)(=O)C3C2.CCC(C)(C)C(=O)OCC1(C)COC(=O)O1.CCC(C)(C)C(=O)OCC1C2CC(OC(=O)O2)C1C.CCC(C)(C)C(=O)OCC1CCC2OC(=O)OC2C1.CCC(C)(C)C(=O)OCCOC(=O)CC(=O)OC1C2CC3C1OS(=O)(=O)C3C2.CCC(C)(C)C(=O)OCCOC1C2CC3C1OS(=O)(=O)C3C2.CCC(C)(C)C(=O)OCCOCC1COC(=O)O1. The Morgan fingerprint density at radius 3 is 1.19 bits per heavy atom. The number of cyclic esters (lactones) is 4. The first-order chi connectivity index (χ1) is 67.5. The van der Waals surface area contributed by atoms with Crippen LogP contribution in [0.2, 0.25) is 0 Å². The summed E-state index contributed by atoms with van der Waals surface area (Å²) in [6.45, 7) is 44.2. The van der Waals surface area contributed by atoms with Gasteiger partial charge in [0.05, 0.1) is 92.8 Å². The van der Waals surface area contributed by atoms with E-state index in [4.69, 9.17) is 97.8 Å². The van der Waals surface area contributed by atoms with Gasteiger partial charge in [0, 0.05) is 47.8 Å². The monoisotopic (exact) mass is 2130 g/mol. The molecular weight excluding hydrogens is 1970 g/mol. The predicted octanol–water partition coefficient (Wildman–Crippen LogP) is 12.1. The van der Waals surface area contributed by atoms with Crippen molar-refractivity contribution < 1.29 is 200 Å². The summed E-state index contributed by atoms with van der Waals surface area (Å²) in [6, 6.07) is 0. The summed E-state index contributed by atoms with van der Waals surface area (Å²) in [4.78, 5) is 162. The number of esters is 10. The standard InChI is InChI=1S/C18H26O9S.C15H22O7S.C15H24O6S.2C14H22O5.C12H20O6.C11H18O5/c1-4-18(2,3)17(21)25-6-5-24-13(19)9-14(20)26-15-10-7-11-12(8-10)28(22,23)27-16(11)15;1-4-15(2,3)14(17)20-7-11(16)21-12-8-5-9-10(6-8)23(18,19)22-13(9)12;1-4-15(2,3)14(16)20-6-5-19-12-9-7-10-11(8-9)22(17,18)21-13(10)12;1-5-14(3,4)12(15)17-7-9-8(2)10-6-11(9)19-13(16)18-10;1-4-14(2,3)12(15)17-8-9-5-6-10-11(7-9)19-13(16)18-10;1-4-12(2,3)10(13)16-6-5-15-7-9-8-17-11(14)18-9;1-5-10(2,3)8(12)14-6-11(4)7-15-9(13)16-11/h10-12,15-16H,4-9H2,1-3H3;8-10,12-13H,4-7H2,1-3H3;9-13H,4-8H2,1-3H3;8-11H,5-7H2,1-4H3;9-11H,4-8H2,1-3H3;9H,4-8H2,1-3H3;5-7H2,1-4H3. The molecule has 24 unspecified atom stereocenters. The Morgan fingerprint density at radius 2 is 0.752 bits per heavy atom. The van der Waals surface area contributed by atoms with E-state index >= 15 is 0 Å². The molecule has 24 atom stereocenters. The Bertz CT molecular complexity index is 4920. The van der Waals surface area contributed by atoms with Crippen LogP contribution in [-0.2, 0) is 186 Å². The first-order valence-corrected chi connectivity index (χ1v) is 55.0. The van der Waals surface area contributed by atoms with Crippen LogP contribution < -0.4 is 0 Å². The topological polar surface area (TPSA) is 554 Å². The van der Waals surface area contributed by atoms with Gasteiger partial charge >= 0.3 is 84.3 Å². The summed E-state index contributed by atoms with van der Waals surface area (Å²) in [5.74, 6) is -3.65. The highest BCUT2D eigenvalue weighted by Gasteiger charge is 2.68. The average molecular weight is 2130 g/mol. The minimum Gasteiger partial charge on any atom is -0.465 e. The van der Waals surface area contributed by atoms with Crippen molar-refractivity contribution in [2.24, 2.45) is 91.2 Å². The third kappa shape index (κ3) is 30.9. The molecule has 8 bridgehead atoms. The highest BCUT2D eigenvalue weighted by atomic mass is 32.2. The van der Waals surface area contributed by atoms with Crippen LogP contribution in [0.25, 0.3) is 0 Å². The van der Waals surface area contributed by atoms with Crippen molar-refractivity contribution >= 4 is 115 Å². The summed E-state index contributed by atoms with van der Waals surface area (Å²) in [5.41, 5.74) is -4.47.